The van der Waals surface area contributed by atoms with E-state index in [4.69, 9.17) is 11.6 Å². The van der Waals surface area contributed by atoms with Gasteiger partial charge in [0.15, 0.2) is 0 Å². The van der Waals surface area contributed by atoms with E-state index >= 15 is 0 Å². The van der Waals surface area contributed by atoms with Gasteiger partial charge in [0.25, 0.3) is 0 Å². The number of nitrogens with one attached hydrogen (secondary N) is 2. The summed E-state index contributed by atoms with van der Waals surface area (Å²) in [6.45, 7) is 6.82. The first-order chi connectivity index (χ1) is 18.6. The Morgan fingerprint density at radius 3 is 2.51 bits per heavy atom. The zero-order valence-electron chi connectivity index (χ0n) is 22.9. The number of hydroxylamine groups is 1. The first kappa shape index (κ1) is 30.6. The molecule has 1 aliphatic rings. The quantitative estimate of drug-likeness (QED) is 0.242. The van der Waals surface area contributed by atoms with E-state index in [0.29, 0.717) is 38.8 Å². The average molecular weight is 560 g/mol. The van der Waals surface area contributed by atoms with Gasteiger partial charge in [0, 0.05) is 19.0 Å². The fourth-order valence-electron chi connectivity index (χ4n) is 5.29. The summed E-state index contributed by atoms with van der Waals surface area (Å²) in [4.78, 5) is 41.2. The maximum Gasteiger partial charge on any atom is 0.247 e. The van der Waals surface area contributed by atoms with Crippen LogP contribution in [0.2, 0.25) is 5.02 Å². The van der Waals surface area contributed by atoms with Crippen LogP contribution < -0.4 is 10.8 Å². The molecular weight excluding hydrogens is 521 g/mol. The summed E-state index contributed by atoms with van der Waals surface area (Å²) >= 11 is 5.97. The highest BCUT2D eigenvalue weighted by atomic mass is 35.5. The molecule has 3 atom stereocenters. The van der Waals surface area contributed by atoms with Crippen LogP contribution in [0, 0.1) is 23.6 Å². The number of carbonyl (C=O) groups excluding carboxylic acids is 3. The van der Waals surface area contributed by atoms with Crippen LogP contribution in [0.1, 0.15) is 64.9 Å². The van der Waals surface area contributed by atoms with Crippen LogP contribution >= 0.6 is 11.6 Å². The molecule has 3 unspecified atom stereocenters. The van der Waals surface area contributed by atoms with Gasteiger partial charge in [-0.2, -0.15) is 0 Å². The van der Waals surface area contributed by atoms with E-state index < -0.39 is 29.6 Å². The van der Waals surface area contributed by atoms with Crippen molar-refractivity contribution in [3.05, 3.63) is 58.9 Å². The number of benzene rings is 2. The number of nitrogens with zero attached hydrogens (tertiary/aromatic N) is 1. The van der Waals surface area contributed by atoms with Crippen molar-refractivity contribution in [3.63, 3.8) is 0 Å². The third-order valence-electron chi connectivity index (χ3n) is 7.24. The van der Waals surface area contributed by atoms with Crippen LogP contribution in [-0.4, -0.2) is 40.4 Å². The molecule has 212 valence electrons. The van der Waals surface area contributed by atoms with Crippen molar-refractivity contribution in [3.8, 4) is 11.1 Å². The number of carbonyl (C=O) groups is 3. The molecule has 3 N–H and O–H groups in total. The highest BCUT2D eigenvalue weighted by Gasteiger charge is 2.36. The summed E-state index contributed by atoms with van der Waals surface area (Å²) in [5.41, 5.74) is 4.27. The number of hydrogen-bond acceptors (Lipinski definition) is 4. The molecule has 39 heavy (non-hydrogen) atoms. The molecular formula is C30H39ClFN3O4. The monoisotopic (exact) mass is 559 g/mol. The Bertz CT molecular complexity index is 1160. The van der Waals surface area contributed by atoms with Crippen molar-refractivity contribution in [2.24, 2.45) is 17.8 Å². The van der Waals surface area contributed by atoms with E-state index in [2.05, 4.69) is 5.32 Å². The number of amides is 3. The van der Waals surface area contributed by atoms with Gasteiger partial charge in [0.1, 0.15) is 11.9 Å². The van der Waals surface area contributed by atoms with Gasteiger partial charge in [-0.25, -0.2) is 9.87 Å². The lowest BCUT2D eigenvalue weighted by molar-refractivity contribution is -0.143. The first-order valence-corrected chi connectivity index (χ1v) is 14.1. The Morgan fingerprint density at radius 2 is 1.85 bits per heavy atom. The molecule has 0 aromatic heterocycles. The van der Waals surface area contributed by atoms with E-state index in [1.807, 2.05) is 45.0 Å². The van der Waals surface area contributed by atoms with Crippen molar-refractivity contribution in [1.82, 2.24) is 15.7 Å². The van der Waals surface area contributed by atoms with Gasteiger partial charge in [-0.05, 0) is 72.9 Å². The summed E-state index contributed by atoms with van der Waals surface area (Å²) in [5.74, 6) is -2.72. The SMILES string of the molecule is CCCC(C(=O)NO)C(CC(C)C)C(=O)NC1CCCCN(Cc2cccc(-c3ccc(F)c(Cl)c3)c2)C1=O. The largest absolute Gasteiger partial charge is 0.344 e. The number of rotatable bonds is 11. The highest BCUT2D eigenvalue weighted by molar-refractivity contribution is 6.31. The summed E-state index contributed by atoms with van der Waals surface area (Å²) in [5, 5.41) is 12.3. The van der Waals surface area contributed by atoms with Crippen molar-refractivity contribution in [1.29, 1.82) is 0 Å². The molecule has 1 heterocycles. The van der Waals surface area contributed by atoms with Crippen LogP contribution in [0.3, 0.4) is 0 Å². The lowest BCUT2D eigenvalue weighted by atomic mass is 9.81. The topological polar surface area (TPSA) is 98.7 Å². The second kappa shape index (κ2) is 14.4. The van der Waals surface area contributed by atoms with Crippen molar-refractivity contribution < 1.29 is 24.0 Å². The molecule has 0 aliphatic carbocycles. The van der Waals surface area contributed by atoms with E-state index in [1.54, 1.807) is 22.5 Å². The van der Waals surface area contributed by atoms with Crippen LogP contribution in [0.15, 0.2) is 42.5 Å². The molecule has 0 bridgehead atoms. The smallest absolute Gasteiger partial charge is 0.247 e. The van der Waals surface area contributed by atoms with Crippen molar-refractivity contribution in [2.75, 3.05) is 6.54 Å². The second-order valence-corrected chi connectivity index (χ2v) is 11.2. The second-order valence-electron chi connectivity index (χ2n) is 10.8. The molecule has 0 radical (unpaired) electrons. The lowest BCUT2D eigenvalue weighted by Crippen LogP contribution is -2.51. The molecule has 1 aliphatic heterocycles. The molecule has 2 aromatic rings. The normalized spacial score (nSPS) is 17.5. The van der Waals surface area contributed by atoms with Gasteiger partial charge >= 0.3 is 0 Å². The highest BCUT2D eigenvalue weighted by Crippen LogP contribution is 2.28. The Labute approximate surface area is 235 Å². The van der Waals surface area contributed by atoms with E-state index in [-0.39, 0.29) is 22.8 Å². The van der Waals surface area contributed by atoms with Crippen LogP contribution in [0.25, 0.3) is 11.1 Å². The van der Waals surface area contributed by atoms with Crippen LogP contribution in [0.4, 0.5) is 4.39 Å². The van der Waals surface area contributed by atoms with E-state index in [0.717, 1.165) is 29.5 Å². The Hall–Kier alpha value is -2.97. The fourth-order valence-corrected chi connectivity index (χ4v) is 5.47. The Morgan fingerprint density at radius 1 is 1.10 bits per heavy atom. The predicted octanol–water partition coefficient (Wildman–Crippen LogP) is 5.73. The predicted molar refractivity (Wildman–Crippen MR) is 149 cm³/mol. The fraction of sp³-hybridized carbons (Fsp3) is 0.500. The summed E-state index contributed by atoms with van der Waals surface area (Å²) < 4.78 is 13.6. The Kier molecular flexibility index (Phi) is 11.3. The van der Waals surface area contributed by atoms with Gasteiger partial charge in [0.2, 0.25) is 17.7 Å². The van der Waals surface area contributed by atoms with Crippen molar-refractivity contribution >= 4 is 29.3 Å². The molecule has 9 heteroatoms. The lowest BCUT2D eigenvalue weighted by Gasteiger charge is -2.29. The zero-order chi connectivity index (χ0) is 28.5. The van der Waals surface area contributed by atoms with Gasteiger partial charge in [0.05, 0.1) is 10.9 Å². The van der Waals surface area contributed by atoms with Gasteiger partial charge in [-0.3, -0.25) is 19.6 Å². The maximum absolute atomic E-state index is 13.6. The molecule has 2 aromatic carbocycles. The summed E-state index contributed by atoms with van der Waals surface area (Å²) in [6.07, 6.45) is 3.72. The minimum atomic E-state index is -0.687. The molecule has 0 spiro atoms. The van der Waals surface area contributed by atoms with Crippen LogP contribution in [-0.2, 0) is 20.9 Å². The summed E-state index contributed by atoms with van der Waals surface area (Å²) in [6, 6.07) is 11.6. The third-order valence-corrected chi connectivity index (χ3v) is 7.53. The molecule has 1 saturated heterocycles. The molecule has 0 saturated carbocycles. The first-order valence-electron chi connectivity index (χ1n) is 13.7. The number of likely N-dealkylation sites (tertiary alicyclic amines) is 1. The Balaban J connectivity index is 1.77. The van der Waals surface area contributed by atoms with Crippen LogP contribution in [0.5, 0.6) is 0 Å². The summed E-state index contributed by atoms with van der Waals surface area (Å²) in [7, 11) is 0. The number of halogens is 2. The molecule has 3 rings (SSSR count). The minimum absolute atomic E-state index is 0.0487. The van der Waals surface area contributed by atoms with E-state index in [9.17, 15) is 24.0 Å². The van der Waals surface area contributed by atoms with Gasteiger partial charge in [-0.15, -0.1) is 0 Å². The number of hydrogen-bond donors (Lipinski definition) is 3. The zero-order valence-corrected chi connectivity index (χ0v) is 23.6. The maximum atomic E-state index is 13.6. The molecule has 3 amide bonds. The minimum Gasteiger partial charge on any atom is -0.344 e. The third kappa shape index (κ3) is 8.26. The average Bonchev–Trinajstić information content (AvgIpc) is 3.08. The molecule has 7 nitrogen and oxygen atoms in total. The molecule has 1 fully saturated rings. The van der Waals surface area contributed by atoms with Gasteiger partial charge in [-0.1, -0.05) is 63.1 Å². The standard InChI is InChI=1S/C30H39ClFN3O4/c1-4-8-23(29(37)34-39)24(15-19(2)3)28(36)33-27-11-5-6-14-35(30(27)38)18-20-9-7-10-21(16-20)22-12-13-26(32)25(31)17-22/h7,9-10,12-13,16-17,19,23-24,27,39H,4-6,8,11,14-15,18H2,1-3H3,(H,33,36)(H,34,37). The van der Waals surface area contributed by atoms with Gasteiger partial charge < -0.3 is 10.2 Å². The van der Waals surface area contributed by atoms with Crippen molar-refractivity contribution in [2.45, 2.75) is 71.9 Å². The van der Waals surface area contributed by atoms with E-state index in [1.165, 1.54) is 6.07 Å².